The first-order chi connectivity index (χ1) is 9.63. The Hall–Kier alpha value is -2.41. The summed E-state index contributed by atoms with van der Waals surface area (Å²) in [4.78, 5) is 19.8. The minimum atomic E-state index is -0.965. The summed E-state index contributed by atoms with van der Waals surface area (Å²) in [5.74, 6) is -2.28. The van der Waals surface area contributed by atoms with E-state index in [1.807, 2.05) is 0 Å². The molecule has 0 aliphatic carbocycles. The van der Waals surface area contributed by atoms with Gasteiger partial charge in [-0.1, -0.05) is 11.3 Å². The number of fused-ring (bicyclic) bond motifs is 1. The lowest BCUT2D eigenvalue weighted by Crippen LogP contribution is -2.11. The summed E-state index contributed by atoms with van der Waals surface area (Å²) in [5, 5.41) is 2.85. The number of rotatable bonds is 2. The van der Waals surface area contributed by atoms with Gasteiger partial charge in [0.25, 0.3) is 5.91 Å². The second-order valence-electron chi connectivity index (χ2n) is 3.95. The van der Waals surface area contributed by atoms with Crippen molar-refractivity contribution in [2.24, 2.45) is 0 Å². The number of carbonyl (C=O) groups is 1. The van der Waals surface area contributed by atoms with Gasteiger partial charge in [-0.2, -0.15) is 0 Å². The van der Waals surface area contributed by atoms with E-state index in [0.29, 0.717) is 15.8 Å². The average molecular weight is 291 g/mol. The first kappa shape index (κ1) is 12.6. The number of nitrogens with zero attached hydrogens (tertiary/aromatic N) is 2. The van der Waals surface area contributed by atoms with Crippen LogP contribution in [-0.4, -0.2) is 15.9 Å². The molecule has 4 nitrogen and oxygen atoms in total. The second-order valence-corrected chi connectivity index (χ2v) is 4.98. The van der Waals surface area contributed by atoms with E-state index in [-0.39, 0.29) is 11.0 Å². The molecule has 1 aromatic carbocycles. The number of pyridine rings is 1. The number of hydrogen-bond acceptors (Lipinski definition) is 4. The molecule has 2 heterocycles. The topological polar surface area (TPSA) is 54.9 Å². The molecule has 3 aromatic rings. The van der Waals surface area contributed by atoms with Crippen LogP contribution < -0.4 is 5.32 Å². The van der Waals surface area contributed by atoms with Gasteiger partial charge in [-0.25, -0.2) is 13.8 Å². The van der Waals surface area contributed by atoms with Crippen molar-refractivity contribution in [3.8, 4) is 0 Å². The number of thiazole rings is 1. The van der Waals surface area contributed by atoms with Gasteiger partial charge in [0, 0.05) is 18.5 Å². The molecule has 2 aromatic heterocycles. The quantitative estimate of drug-likeness (QED) is 0.788. The molecule has 0 fully saturated rings. The highest BCUT2D eigenvalue weighted by Gasteiger charge is 2.12. The Morgan fingerprint density at radius 3 is 2.80 bits per heavy atom. The summed E-state index contributed by atoms with van der Waals surface area (Å²) in [6, 6.07) is 5.30. The van der Waals surface area contributed by atoms with Gasteiger partial charge in [-0.05, 0) is 18.2 Å². The number of amides is 1. The van der Waals surface area contributed by atoms with Crippen molar-refractivity contribution in [1.82, 2.24) is 9.97 Å². The van der Waals surface area contributed by atoms with Gasteiger partial charge in [-0.3, -0.25) is 15.1 Å². The number of aromatic nitrogens is 2. The summed E-state index contributed by atoms with van der Waals surface area (Å²) < 4.78 is 26.6. The highest BCUT2D eigenvalue weighted by atomic mass is 32.1. The van der Waals surface area contributed by atoms with E-state index in [9.17, 15) is 13.6 Å². The molecule has 0 aliphatic heterocycles. The van der Waals surface area contributed by atoms with Gasteiger partial charge in [0.15, 0.2) is 16.8 Å². The van der Waals surface area contributed by atoms with Crippen LogP contribution in [0.4, 0.5) is 13.9 Å². The van der Waals surface area contributed by atoms with Crippen molar-refractivity contribution in [1.29, 1.82) is 0 Å². The van der Waals surface area contributed by atoms with E-state index in [1.165, 1.54) is 6.20 Å². The molecule has 0 atom stereocenters. The summed E-state index contributed by atoms with van der Waals surface area (Å²) in [6.07, 6.45) is 2.97. The highest BCUT2D eigenvalue weighted by molar-refractivity contribution is 7.22. The Balaban J connectivity index is 1.90. The smallest absolute Gasteiger partial charge is 0.259 e. The third kappa shape index (κ3) is 2.35. The zero-order chi connectivity index (χ0) is 14.1. The molecule has 20 heavy (non-hydrogen) atoms. The van der Waals surface area contributed by atoms with Gasteiger partial charge in [0.2, 0.25) is 0 Å². The molecule has 0 saturated heterocycles. The molecule has 7 heteroatoms. The first-order valence-corrected chi connectivity index (χ1v) is 6.42. The summed E-state index contributed by atoms with van der Waals surface area (Å²) in [7, 11) is 0. The van der Waals surface area contributed by atoms with Crippen LogP contribution in [-0.2, 0) is 0 Å². The summed E-state index contributed by atoms with van der Waals surface area (Å²) >= 11 is 1.07. The molecule has 3 rings (SSSR count). The molecule has 0 bridgehead atoms. The fraction of sp³-hybridized carbons (Fsp3) is 0. The van der Waals surface area contributed by atoms with Crippen molar-refractivity contribution < 1.29 is 13.6 Å². The van der Waals surface area contributed by atoms with Crippen molar-refractivity contribution in [2.75, 3.05) is 5.32 Å². The van der Waals surface area contributed by atoms with Gasteiger partial charge in [-0.15, -0.1) is 0 Å². The molecule has 0 saturated carbocycles. The van der Waals surface area contributed by atoms with Gasteiger partial charge in [0.1, 0.15) is 0 Å². The molecule has 0 unspecified atom stereocenters. The van der Waals surface area contributed by atoms with E-state index in [1.54, 1.807) is 18.3 Å². The molecule has 1 N–H and O–H groups in total. The number of halogens is 2. The molecule has 1 amide bonds. The lowest BCUT2D eigenvalue weighted by Gasteiger charge is -1.99. The molecule has 0 spiro atoms. The van der Waals surface area contributed by atoms with Gasteiger partial charge < -0.3 is 0 Å². The number of benzene rings is 1. The van der Waals surface area contributed by atoms with Crippen LogP contribution in [0.1, 0.15) is 10.4 Å². The lowest BCUT2D eigenvalue weighted by atomic mass is 10.3. The average Bonchev–Trinajstić information content (AvgIpc) is 2.81. The predicted octanol–water partition coefficient (Wildman–Crippen LogP) is 3.22. The van der Waals surface area contributed by atoms with Crippen LogP contribution in [0.5, 0.6) is 0 Å². The zero-order valence-electron chi connectivity index (χ0n) is 9.93. The van der Waals surface area contributed by atoms with Crippen molar-refractivity contribution in [3.05, 3.63) is 53.9 Å². The Morgan fingerprint density at radius 2 is 2.05 bits per heavy atom. The van der Waals surface area contributed by atoms with Crippen LogP contribution in [0, 0.1) is 11.6 Å². The fourth-order valence-corrected chi connectivity index (χ4v) is 2.51. The molecule has 0 aliphatic rings. The maximum atomic E-state index is 13.1. The van der Waals surface area contributed by atoms with Crippen molar-refractivity contribution in [2.45, 2.75) is 0 Å². The Bertz CT molecular complexity index is 750. The van der Waals surface area contributed by atoms with Crippen molar-refractivity contribution in [3.63, 3.8) is 0 Å². The van der Waals surface area contributed by atoms with Crippen LogP contribution in [0.3, 0.4) is 0 Å². The summed E-state index contributed by atoms with van der Waals surface area (Å²) in [6.45, 7) is 0. The minimum absolute atomic E-state index is 0.277. The van der Waals surface area contributed by atoms with E-state index < -0.39 is 11.6 Å². The molecule has 100 valence electrons. The Morgan fingerprint density at radius 1 is 1.25 bits per heavy atom. The van der Waals surface area contributed by atoms with Crippen LogP contribution >= 0.6 is 11.3 Å². The second kappa shape index (κ2) is 4.93. The Kier molecular flexibility index (Phi) is 3.11. The number of nitrogens with one attached hydrogen (secondary N) is 1. The van der Waals surface area contributed by atoms with Crippen molar-refractivity contribution >= 4 is 32.6 Å². The minimum Gasteiger partial charge on any atom is -0.298 e. The first-order valence-electron chi connectivity index (χ1n) is 5.60. The maximum Gasteiger partial charge on any atom is 0.259 e. The molecular weight excluding hydrogens is 284 g/mol. The van der Waals surface area contributed by atoms with E-state index in [4.69, 9.17) is 0 Å². The highest BCUT2D eigenvalue weighted by Crippen LogP contribution is 2.28. The van der Waals surface area contributed by atoms with Crippen LogP contribution in [0.15, 0.2) is 36.7 Å². The predicted molar refractivity (Wildman–Crippen MR) is 71.7 cm³/mol. The largest absolute Gasteiger partial charge is 0.298 e. The third-order valence-electron chi connectivity index (χ3n) is 2.57. The maximum absolute atomic E-state index is 13.1. The normalized spacial score (nSPS) is 10.7. The molecular formula is C13H7F2N3OS. The Labute approximate surface area is 116 Å². The number of hydrogen-bond donors (Lipinski definition) is 1. The zero-order valence-corrected chi connectivity index (χ0v) is 10.7. The summed E-state index contributed by atoms with van der Waals surface area (Å²) in [5.41, 5.74) is 0.680. The molecule has 0 radical (unpaired) electrons. The van der Waals surface area contributed by atoms with E-state index in [0.717, 1.165) is 23.5 Å². The van der Waals surface area contributed by atoms with Gasteiger partial charge >= 0.3 is 0 Å². The van der Waals surface area contributed by atoms with E-state index in [2.05, 4.69) is 15.3 Å². The SMILES string of the molecule is O=C(Nc1nc2cc(F)c(F)cc2s1)c1cccnc1. The number of carbonyl (C=O) groups excluding carboxylic acids is 1. The standard InChI is InChI=1S/C13H7F2N3OS/c14-8-4-10-11(5-9(8)15)20-13(17-10)18-12(19)7-2-1-3-16-6-7/h1-6H,(H,17,18,19). The van der Waals surface area contributed by atoms with Crippen LogP contribution in [0.2, 0.25) is 0 Å². The van der Waals surface area contributed by atoms with Gasteiger partial charge in [0.05, 0.1) is 15.8 Å². The fourth-order valence-electron chi connectivity index (χ4n) is 1.64. The third-order valence-corrected chi connectivity index (χ3v) is 3.51. The van der Waals surface area contributed by atoms with E-state index >= 15 is 0 Å². The van der Waals surface area contributed by atoms with Crippen LogP contribution in [0.25, 0.3) is 10.2 Å². The number of anilines is 1. The lowest BCUT2D eigenvalue weighted by molar-refractivity contribution is 0.102. The monoisotopic (exact) mass is 291 g/mol.